The van der Waals surface area contributed by atoms with E-state index in [0.29, 0.717) is 23.1 Å². The molecule has 0 fully saturated rings. The molecule has 0 aliphatic carbocycles. The zero-order chi connectivity index (χ0) is 16.7. The van der Waals surface area contributed by atoms with E-state index in [9.17, 15) is 9.59 Å². The number of amides is 2. The van der Waals surface area contributed by atoms with E-state index < -0.39 is 0 Å². The molecule has 0 unspecified atom stereocenters. The van der Waals surface area contributed by atoms with Gasteiger partial charge >= 0.3 is 0 Å². The van der Waals surface area contributed by atoms with Gasteiger partial charge in [0, 0.05) is 5.92 Å². The van der Waals surface area contributed by atoms with Gasteiger partial charge in [0.25, 0.3) is 0 Å². The predicted octanol–water partition coefficient (Wildman–Crippen LogP) is 2.07. The van der Waals surface area contributed by atoms with Gasteiger partial charge in [-0.15, -0.1) is 10.2 Å². The second-order valence-corrected chi connectivity index (χ2v) is 6.04. The number of nitrogens with zero attached hydrogens (tertiary/aromatic N) is 2. The molecule has 0 atom stereocenters. The molecule has 2 aromatic heterocycles. The van der Waals surface area contributed by atoms with Crippen molar-refractivity contribution in [3.8, 4) is 0 Å². The lowest BCUT2D eigenvalue weighted by Gasteiger charge is -2.06. The third-order valence-corrected chi connectivity index (χ3v) is 3.73. The van der Waals surface area contributed by atoms with Gasteiger partial charge in [0.1, 0.15) is 10.8 Å². The minimum absolute atomic E-state index is 0.114. The van der Waals surface area contributed by atoms with Crippen molar-refractivity contribution >= 4 is 29.4 Å². The second-order valence-electron chi connectivity index (χ2n) is 5.05. The van der Waals surface area contributed by atoms with Crippen molar-refractivity contribution in [1.82, 2.24) is 15.5 Å². The number of nitrogens with one attached hydrogen (secondary N) is 2. The molecule has 0 aliphatic heterocycles. The molecule has 23 heavy (non-hydrogen) atoms. The lowest BCUT2D eigenvalue weighted by Crippen LogP contribution is -2.24. The summed E-state index contributed by atoms with van der Waals surface area (Å²) in [5.74, 6) is 0.974. The summed E-state index contributed by atoms with van der Waals surface area (Å²) >= 11 is 1.27. The molecule has 0 aliphatic rings. The number of hydrogen-bond acceptors (Lipinski definition) is 6. The minimum Gasteiger partial charge on any atom is -0.467 e. The van der Waals surface area contributed by atoms with E-state index in [2.05, 4.69) is 20.8 Å². The Hall–Kier alpha value is -2.35. The number of aromatic nitrogens is 2. The molecule has 122 valence electrons. The molecule has 0 bridgehead atoms. The van der Waals surface area contributed by atoms with Crippen LogP contribution in [0.2, 0.25) is 0 Å². The molecule has 2 amide bonds. The zero-order valence-corrected chi connectivity index (χ0v) is 13.7. The Morgan fingerprint density at radius 2 is 2.09 bits per heavy atom. The maximum absolute atomic E-state index is 11.7. The first kappa shape index (κ1) is 17.0. The molecule has 2 aromatic rings. The monoisotopic (exact) mass is 334 g/mol. The summed E-state index contributed by atoms with van der Waals surface area (Å²) in [5.41, 5.74) is 0. The number of furan rings is 1. The molecule has 0 aromatic carbocycles. The Kier molecular flexibility index (Phi) is 6.16. The molecule has 8 heteroatoms. The molecule has 2 rings (SSSR count). The smallest absolute Gasteiger partial charge is 0.230 e. The molecule has 0 spiro atoms. The van der Waals surface area contributed by atoms with Gasteiger partial charge in [0.05, 0.1) is 18.6 Å². The van der Waals surface area contributed by atoms with Crippen LogP contribution >= 0.6 is 11.8 Å². The van der Waals surface area contributed by atoms with Gasteiger partial charge in [-0.05, 0) is 24.3 Å². The van der Waals surface area contributed by atoms with Crippen molar-refractivity contribution < 1.29 is 14.0 Å². The normalized spacial score (nSPS) is 10.6. The summed E-state index contributed by atoms with van der Waals surface area (Å²) in [7, 11) is 0. The highest BCUT2D eigenvalue weighted by Gasteiger charge is 2.09. The van der Waals surface area contributed by atoms with E-state index >= 15 is 0 Å². The van der Waals surface area contributed by atoms with E-state index in [1.54, 1.807) is 44.4 Å². The minimum atomic E-state index is -0.122. The van der Waals surface area contributed by atoms with Crippen LogP contribution in [0.4, 0.5) is 5.82 Å². The fourth-order valence-electron chi connectivity index (χ4n) is 1.52. The third-order valence-electron chi connectivity index (χ3n) is 2.81. The summed E-state index contributed by atoms with van der Waals surface area (Å²) in [6.07, 6.45) is 1.56. The number of hydrogen-bond donors (Lipinski definition) is 2. The van der Waals surface area contributed by atoms with Crippen molar-refractivity contribution in [3.63, 3.8) is 0 Å². The van der Waals surface area contributed by atoms with Crippen LogP contribution in [0.15, 0.2) is 40.0 Å². The Labute approximate surface area is 138 Å². The van der Waals surface area contributed by atoms with Gasteiger partial charge in [-0.1, -0.05) is 25.6 Å². The molecule has 2 N–H and O–H groups in total. The first-order valence-corrected chi connectivity index (χ1v) is 8.09. The molecular weight excluding hydrogens is 316 g/mol. The van der Waals surface area contributed by atoms with E-state index in [1.807, 2.05) is 0 Å². The second kappa shape index (κ2) is 8.33. The lowest BCUT2D eigenvalue weighted by molar-refractivity contribution is -0.119. The topological polar surface area (TPSA) is 97.1 Å². The van der Waals surface area contributed by atoms with E-state index in [-0.39, 0.29) is 23.5 Å². The van der Waals surface area contributed by atoms with E-state index in [0.717, 1.165) is 0 Å². The van der Waals surface area contributed by atoms with Crippen LogP contribution in [0.5, 0.6) is 0 Å². The number of carbonyl (C=O) groups excluding carboxylic acids is 2. The van der Waals surface area contributed by atoms with Gasteiger partial charge < -0.3 is 15.1 Å². The molecular formula is C15H18N4O3S. The molecule has 0 radical (unpaired) electrons. The first-order valence-electron chi connectivity index (χ1n) is 7.11. The average Bonchev–Trinajstić information content (AvgIpc) is 3.05. The van der Waals surface area contributed by atoms with E-state index in [1.165, 1.54) is 11.8 Å². The fourth-order valence-corrected chi connectivity index (χ4v) is 2.17. The third kappa shape index (κ3) is 5.74. The van der Waals surface area contributed by atoms with Gasteiger partial charge in [0.15, 0.2) is 5.82 Å². The number of thioether (sulfide) groups is 1. The summed E-state index contributed by atoms with van der Waals surface area (Å²) < 4.78 is 5.13. The van der Waals surface area contributed by atoms with Crippen LogP contribution in [0.3, 0.4) is 0 Å². The molecule has 7 nitrogen and oxygen atoms in total. The van der Waals surface area contributed by atoms with Crippen LogP contribution in [-0.4, -0.2) is 27.8 Å². The van der Waals surface area contributed by atoms with Gasteiger partial charge in [0.2, 0.25) is 11.8 Å². The van der Waals surface area contributed by atoms with Gasteiger partial charge in [-0.3, -0.25) is 9.59 Å². The molecule has 0 saturated heterocycles. The molecule has 0 saturated carbocycles. The van der Waals surface area contributed by atoms with Crippen LogP contribution in [0.1, 0.15) is 19.6 Å². The fraction of sp³-hybridized carbons (Fsp3) is 0.333. The van der Waals surface area contributed by atoms with Crippen molar-refractivity contribution in [3.05, 3.63) is 36.3 Å². The first-order chi connectivity index (χ1) is 11.0. The predicted molar refractivity (Wildman–Crippen MR) is 86.8 cm³/mol. The Morgan fingerprint density at radius 1 is 1.26 bits per heavy atom. The summed E-state index contributed by atoms with van der Waals surface area (Å²) in [5, 5.41) is 13.9. The van der Waals surface area contributed by atoms with Crippen molar-refractivity contribution in [2.45, 2.75) is 25.4 Å². The van der Waals surface area contributed by atoms with Crippen LogP contribution in [0.25, 0.3) is 0 Å². The number of anilines is 1. The average molecular weight is 334 g/mol. The number of rotatable bonds is 7. The lowest BCUT2D eigenvalue weighted by atomic mass is 10.2. The Morgan fingerprint density at radius 3 is 2.70 bits per heavy atom. The quantitative estimate of drug-likeness (QED) is 0.752. The Balaban J connectivity index is 1.75. The van der Waals surface area contributed by atoms with Gasteiger partial charge in [-0.25, -0.2) is 0 Å². The van der Waals surface area contributed by atoms with Crippen LogP contribution < -0.4 is 10.6 Å². The van der Waals surface area contributed by atoms with Gasteiger partial charge in [-0.2, -0.15) is 0 Å². The van der Waals surface area contributed by atoms with Crippen molar-refractivity contribution in [1.29, 1.82) is 0 Å². The molecule has 2 heterocycles. The maximum Gasteiger partial charge on any atom is 0.230 e. The Bertz CT molecular complexity index is 641. The van der Waals surface area contributed by atoms with Crippen LogP contribution in [0, 0.1) is 5.92 Å². The summed E-state index contributed by atoms with van der Waals surface area (Å²) in [6, 6.07) is 6.94. The van der Waals surface area contributed by atoms with E-state index in [4.69, 9.17) is 4.42 Å². The highest BCUT2D eigenvalue weighted by atomic mass is 32.2. The standard InChI is InChI=1S/C15H18N4O3S/c1-10(2)15(21)17-12-5-6-14(19-18-12)23-9-13(20)16-8-11-4-3-7-22-11/h3-7,10H,8-9H2,1-2H3,(H,16,20)(H,17,18,21). The van der Waals surface area contributed by atoms with Crippen molar-refractivity contribution in [2.24, 2.45) is 5.92 Å². The SMILES string of the molecule is CC(C)C(=O)Nc1ccc(SCC(=O)NCc2ccco2)nn1. The maximum atomic E-state index is 11.7. The largest absolute Gasteiger partial charge is 0.467 e. The van der Waals surface area contributed by atoms with Crippen LogP contribution in [-0.2, 0) is 16.1 Å². The highest BCUT2D eigenvalue weighted by molar-refractivity contribution is 7.99. The number of carbonyl (C=O) groups is 2. The zero-order valence-electron chi connectivity index (χ0n) is 12.9. The van der Waals surface area contributed by atoms with Crippen molar-refractivity contribution in [2.75, 3.05) is 11.1 Å². The highest BCUT2D eigenvalue weighted by Crippen LogP contribution is 2.15. The summed E-state index contributed by atoms with van der Waals surface area (Å²) in [4.78, 5) is 23.3. The summed E-state index contributed by atoms with van der Waals surface area (Å²) in [6.45, 7) is 3.96.